The van der Waals surface area contributed by atoms with Gasteiger partial charge in [0, 0.05) is 17.5 Å². The number of carbonyl (C=O) groups is 1. The molecule has 2 heterocycles. The Labute approximate surface area is 118 Å². The minimum absolute atomic E-state index is 0.0404. The number of rotatable bonds is 4. The van der Waals surface area contributed by atoms with Gasteiger partial charge in [-0.1, -0.05) is 0 Å². The number of aromatic nitrogens is 2. The number of ketones is 1. The van der Waals surface area contributed by atoms with Gasteiger partial charge in [0.05, 0.1) is 22.7 Å². The lowest BCUT2D eigenvalue weighted by atomic mass is 10.2. The third kappa shape index (κ3) is 2.35. The Hall–Kier alpha value is -1.14. The Kier molecular flexibility index (Phi) is 3.87. The molecule has 0 spiro atoms. The van der Waals surface area contributed by atoms with Crippen LogP contribution in [0.3, 0.4) is 0 Å². The second-order valence-electron chi connectivity index (χ2n) is 4.06. The fraction of sp³-hybridized carbons (Fsp3) is 0.333. The predicted octanol–water partition coefficient (Wildman–Crippen LogP) is 3.53. The Morgan fingerprint density at radius 1 is 1.56 bits per heavy atom. The molecule has 4 nitrogen and oxygen atoms in total. The highest BCUT2D eigenvalue weighted by Crippen LogP contribution is 2.27. The largest absolute Gasteiger partial charge is 0.496 e. The summed E-state index contributed by atoms with van der Waals surface area (Å²) < 4.78 is 7.53. The molecule has 2 aromatic rings. The molecule has 0 unspecified atom stereocenters. The van der Waals surface area contributed by atoms with Crippen molar-refractivity contribution in [2.24, 2.45) is 0 Å². The summed E-state index contributed by atoms with van der Waals surface area (Å²) in [5.41, 5.74) is 0.578. The minimum Gasteiger partial charge on any atom is -0.496 e. The highest BCUT2D eigenvalue weighted by atomic mass is 79.9. The molecule has 0 aromatic carbocycles. The lowest BCUT2D eigenvalue weighted by molar-refractivity contribution is 0.103. The standard InChI is InChI=1S/C12H13BrN2O2S/c1-7(2)15-11(9(13)5-14-15)12(16)10-4-8(17-3)6-18-10/h4-7H,1-3H3. The summed E-state index contributed by atoms with van der Waals surface area (Å²) in [5.74, 6) is 0.663. The smallest absolute Gasteiger partial charge is 0.222 e. The highest BCUT2D eigenvalue weighted by Gasteiger charge is 2.21. The van der Waals surface area contributed by atoms with Crippen LogP contribution in [0.5, 0.6) is 5.75 Å². The number of thiophene rings is 1. The number of carbonyl (C=O) groups excluding carboxylic acids is 1. The van der Waals surface area contributed by atoms with Gasteiger partial charge < -0.3 is 4.74 Å². The topological polar surface area (TPSA) is 44.1 Å². The van der Waals surface area contributed by atoms with Crippen molar-refractivity contribution in [1.82, 2.24) is 9.78 Å². The summed E-state index contributed by atoms with van der Waals surface area (Å²) in [4.78, 5) is 13.1. The van der Waals surface area contributed by atoms with Gasteiger partial charge in [-0.15, -0.1) is 11.3 Å². The molecule has 0 saturated heterocycles. The van der Waals surface area contributed by atoms with Crippen molar-refractivity contribution in [2.45, 2.75) is 19.9 Å². The molecule has 0 radical (unpaired) electrons. The maximum Gasteiger partial charge on any atom is 0.222 e. The average molecular weight is 329 g/mol. The Bertz CT molecular complexity index is 574. The van der Waals surface area contributed by atoms with E-state index in [2.05, 4.69) is 21.0 Å². The zero-order valence-corrected chi connectivity index (χ0v) is 12.7. The van der Waals surface area contributed by atoms with Gasteiger partial charge in [-0.25, -0.2) is 0 Å². The number of ether oxygens (including phenoxy) is 1. The minimum atomic E-state index is -0.0404. The second kappa shape index (κ2) is 5.24. The molecule has 0 bridgehead atoms. The molecular formula is C12H13BrN2O2S. The van der Waals surface area contributed by atoms with E-state index in [4.69, 9.17) is 4.74 Å². The Morgan fingerprint density at radius 2 is 2.28 bits per heavy atom. The molecule has 2 rings (SSSR count). The first-order valence-electron chi connectivity index (χ1n) is 5.44. The maximum absolute atomic E-state index is 12.4. The van der Waals surface area contributed by atoms with Crippen LogP contribution in [0.2, 0.25) is 0 Å². The van der Waals surface area contributed by atoms with Crippen molar-refractivity contribution in [3.05, 3.63) is 32.7 Å². The Morgan fingerprint density at radius 3 is 2.83 bits per heavy atom. The van der Waals surface area contributed by atoms with Crippen molar-refractivity contribution in [3.63, 3.8) is 0 Å². The number of nitrogens with zero attached hydrogens (tertiary/aromatic N) is 2. The fourth-order valence-corrected chi connectivity index (χ4v) is 2.86. The summed E-state index contributed by atoms with van der Waals surface area (Å²) in [5, 5.41) is 6.03. The van der Waals surface area contributed by atoms with Gasteiger partial charge >= 0.3 is 0 Å². The molecule has 0 amide bonds. The van der Waals surface area contributed by atoms with Crippen LogP contribution in [0.4, 0.5) is 0 Å². The SMILES string of the molecule is COc1csc(C(=O)c2c(Br)cnn2C(C)C)c1. The van der Waals surface area contributed by atoms with Crippen molar-refractivity contribution < 1.29 is 9.53 Å². The molecule has 0 fully saturated rings. The van der Waals surface area contributed by atoms with Gasteiger partial charge in [-0.3, -0.25) is 9.48 Å². The second-order valence-corrected chi connectivity index (χ2v) is 5.82. The Balaban J connectivity index is 2.42. The molecule has 2 aromatic heterocycles. The van der Waals surface area contributed by atoms with E-state index in [1.807, 2.05) is 19.2 Å². The van der Waals surface area contributed by atoms with Crippen LogP contribution in [0.15, 0.2) is 22.1 Å². The van der Waals surface area contributed by atoms with Gasteiger partial charge in [-0.2, -0.15) is 5.10 Å². The van der Waals surface area contributed by atoms with Crippen LogP contribution in [0, 0.1) is 0 Å². The average Bonchev–Trinajstić information content (AvgIpc) is 2.94. The van der Waals surface area contributed by atoms with Crippen LogP contribution < -0.4 is 4.74 Å². The molecule has 0 aliphatic rings. The first-order chi connectivity index (χ1) is 8.54. The van der Waals surface area contributed by atoms with Crippen LogP contribution in [-0.4, -0.2) is 22.7 Å². The fourth-order valence-electron chi connectivity index (χ4n) is 1.61. The summed E-state index contributed by atoms with van der Waals surface area (Å²) in [6, 6.07) is 1.88. The van der Waals surface area contributed by atoms with Gasteiger partial charge in [0.1, 0.15) is 11.4 Å². The van der Waals surface area contributed by atoms with Crippen LogP contribution in [0.1, 0.15) is 35.3 Å². The molecule has 96 valence electrons. The van der Waals surface area contributed by atoms with E-state index in [0.29, 0.717) is 20.8 Å². The summed E-state index contributed by atoms with van der Waals surface area (Å²) in [7, 11) is 1.59. The third-order valence-corrected chi connectivity index (χ3v) is 3.98. The molecule has 0 aliphatic heterocycles. The number of hydrogen-bond donors (Lipinski definition) is 0. The van der Waals surface area contributed by atoms with Crippen LogP contribution >= 0.6 is 27.3 Å². The third-order valence-electron chi connectivity index (χ3n) is 2.49. The van der Waals surface area contributed by atoms with Gasteiger partial charge in [-0.05, 0) is 29.8 Å². The lowest BCUT2D eigenvalue weighted by Crippen LogP contribution is -2.13. The van der Waals surface area contributed by atoms with E-state index < -0.39 is 0 Å². The quantitative estimate of drug-likeness (QED) is 0.806. The van der Waals surface area contributed by atoms with E-state index in [1.54, 1.807) is 24.1 Å². The molecule has 6 heteroatoms. The number of hydrogen-bond acceptors (Lipinski definition) is 4. The monoisotopic (exact) mass is 328 g/mol. The number of methoxy groups -OCH3 is 1. The van der Waals surface area contributed by atoms with Crippen LogP contribution in [0.25, 0.3) is 0 Å². The van der Waals surface area contributed by atoms with Crippen molar-refractivity contribution in [2.75, 3.05) is 7.11 Å². The van der Waals surface area contributed by atoms with E-state index >= 15 is 0 Å². The van der Waals surface area contributed by atoms with Crippen molar-refractivity contribution in [3.8, 4) is 5.75 Å². The van der Waals surface area contributed by atoms with Crippen molar-refractivity contribution >= 4 is 33.0 Å². The first kappa shape index (κ1) is 13.3. The molecule has 0 N–H and O–H groups in total. The summed E-state index contributed by atoms with van der Waals surface area (Å²) in [6.07, 6.45) is 1.65. The predicted molar refractivity (Wildman–Crippen MR) is 74.6 cm³/mol. The molecular weight excluding hydrogens is 316 g/mol. The van der Waals surface area contributed by atoms with E-state index in [-0.39, 0.29) is 11.8 Å². The zero-order chi connectivity index (χ0) is 13.3. The van der Waals surface area contributed by atoms with E-state index in [1.165, 1.54) is 11.3 Å². The molecule has 0 aliphatic carbocycles. The number of halogens is 1. The normalized spacial score (nSPS) is 10.9. The first-order valence-corrected chi connectivity index (χ1v) is 7.12. The van der Waals surface area contributed by atoms with Crippen LogP contribution in [-0.2, 0) is 0 Å². The zero-order valence-electron chi connectivity index (χ0n) is 10.3. The summed E-state index contributed by atoms with van der Waals surface area (Å²) >= 11 is 4.75. The van der Waals surface area contributed by atoms with Gasteiger partial charge in [0.15, 0.2) is 0 Å². The maximum atomic E-state index is 12.4. The highest BCUT2D eigenvalue weighted by molar-refractivity contribution is 9.10. The van der Waals surface area contributed by atoms with E-state index in [0.717, 1.165) is 0 Å². The van der Waals surface area contributed by atoms with E-state index in [9.17, 15) is 4.79 Å². The van der Waals surface area contributed by atoms with Gasteiger partial charge in [0.25, 0.3) is 0 Å². The van der Waals surface area contributed by atoms with Crippen molar-refractivity contribution in [1.29, 1.82) is 0 Å². The van der Waals surface area contributed by atoms with Gasteiger partial charge in [0.2, 0.25) is 5.78 Å². The molecule has 0 saturated carbocycles. The lowest BCUT2D eigenvalue weighted by Gasteiger charge is -2.09. The summed E-state index contributed by atoms with van der Waals surface area (Å²) in [6.45, 7) is 3.98. The molecule has 18 heavy (non-hydrogen) atoms. The molecule has 0 atom stereocenters.